The number of amides is 1. The summed E-state index contributed by atoms with van der Waals surface area (Å²) in [4.78, 5) is 11.7. The Morgan fingerprint density at radius 3 is 2.82 bits per heavy atom. The molecular formula is C13H17NO3. The lowest BCUT2D eigenvalue weighted by atomic mass is 10.2. The molecule has 1 aliphatic heterocycles. The fourth-order valence-electron chi connectivity index (χ4n) is 1.83. The van der Waals surface area contributed by atoms with Crippen molar-refractivity contribution in [1.29, 1.82) is 0 Å². The summed E-state index contributed by atoms with van der Waals surface area (Å²) >= 11 is 0. The molecule has 0 aromatic heterocycles. The molecule has 1 amide bonds. The van der Waals surface area contributed by atoms with Crippen LogP contribution in [0.15, 0.2) is 24.3 Å². The summed E-state index contributed by atoms with van der Waals surface area (Å²) < 4.78 is 10.4. The Bertz CT molecular complexity index is 369. The number of carbonyl (C=O) groups is 1. The highest BCUT2D eigenvalue weighted by Crippen LogP contribution is 2.13. The average Bonchev–Trinajstić information content (AvgIpc) is 2.90. The van der Waals surface area contributed by atoms with Crippen LogP contribution in [0.1, 0.15) is 18.4 Å². The molecule has 0 radical (unpaired) electrons. The van der Waals surface area contributed by atoms with E-state index in [1.807, 2.05) is 24.3 Å². The summed E-state index contributed by atoms with van der Waals surface area (Å²) in [6, 6.07) is 7.64. The monoisotopic (exact) mass is 235 g/mol. The van der Waals surface area contributed by atoms with E-state index < -0.39 is 0 Å². The van der Waals surface area contributed by atoms with Crippen molar-refractivity contribution in [1.82, 2.24) is 5.32 Å². The number of rotatable bonds is 4. The van der Waals surface area contributed by atoms with E-state index in [1.165, 1.54) is 0 Å². The van der Waals surface area contributed by atoms with Gasteiger partial charge in [0, 0.05) is 13.2 Å². The number of carbonyl (C=O) groups excluding carboxylic acids is 1. The van der Waals surface area contributed by atoms with Crippen molar-refractivity contribution < 1.29 is 14.3 Å². The van der Waals surface area contributed by atoms with Gasteiger partial charge < -0.3 is 14.8 Å². The van der Waals surface area contributed by atoms with Crippen LogP contribution in [0, 0.1) is 0 Å². The fourth-order valence-corrected chi connectivity index (χ4v) is 1.83. The Morgan fingerprint density at radius 1 is 1.47 bits per heavy atom. The van der Waals surface area contributed by atoms with E-state index in [1.54, 1.807) is 7.11 Å². The molecule has 1 aliphatic rings. The van der Waals surface area contributed by atoms with Crippen molar-refractivity contribution >= 4 is 5.91 Å². The Balaban J connectivity index is 1.82. The van der Waals surface area contributed by atoms with E-state index in [2.05, 4.69) is 5.32 Å². The number of methoxy groups -OCH3 is 1. The first kappa shape index (κ1) is 11.9. The van der Waals surface area contributed by atoms with Gasteiger partial charge in [0.1, 0.15) is 11.9 Å². The SMILES string of the molecule is COc1ccc(CNC(=O)[C@@H]2CCCO2)cc1. The topological polar surface area (TPSA) is 47.6 Å². The lowest BCUT2D eigenvalue weighted by Crippen LogP contribution is -2.33. The van der Waals surface area contributed by atoms with Crippen LogP contribution in [0.5, 0.6) is 5.75 Å². The van der Waals surface area contributed by atoms with Crippen molar-refractivity contribution in [3.05, 3.63) is 29.8 Å². The highest BCUT2D eigenvalue weighted by atomic mass is 16.5. The van der Waals surface area contributed by atoms with Crippen LogP contribution in [-0.4, -0.2) is 25.7 Å². The summed E-state index contributed by atoms with van der Waals surface area (Å²) in [6.45, 7) is 1.23. The van der Waals surface area contributed by atoms with Crippen molar-refractivity contribution in [2.45, 2.75) is 25.5 Å². The second kappa shape index (κ2) is 5.68. The molecule has 0 saturated carbocycles. The molecular weight excluding hydrogens is 218 g/mol. The minimum atomic E-state index is -0.256. The number of benzene rings is 1. The van der Waals surface area contributed by atoms with Gasteiger partial charge in [0.05, 0.1) is 7.11 Å². The van der Waals surface area contributed by atoms with E-state index in [0.29, 0.717) is 13.2 Å². The molecule has 4 nitrogen and oxygen atoms in total. The van der Waals surface area contributed by atoms with Crippen LogP contribution < -0.4 is 10.1 Å². The van der Waals surface area contributed by atoms with Gasteiger partial charge in [-0.2, -0.15) is 0 Å². The number of hydrogen-bond donors (Lipinski definition) is 1. The largest absolute Gasteiger partial charge is 0.497 e. The van der Waals surface area contributed by atoms with Gasteiger partial charge in [-0.15, -0.1) is 0 Å². The minimum absolute atomic E-state index is 0.0154. The van der Waals surface area contributed by atoms with Gasteiger partial charge in [-0.3, -0.25) is 4.79 Å². The number of nitrogens with one attached hydrogen (secondary N) is 1. The molecule has 1 heterocycles. The van der Waals surface area contributed by atoms with Gasteiger partial charge in [-0.1, -0.05) is 12.1 Å². The van der Waals surface area contributed by atoms with Crippen LogP contribution in [-0.2, 0) is 16.1 Å². The Morgan fingerprint density at radius 2 is 2.24 bits per heavy atom. The van der Waals surface area contributed by atoms with Gasteiger partial charge in [0.2, 0.25) is 5.91 Å². The molecule has 1 fully saturated rings. The first-order valence-corrected chi connectivity index (χ1v) is 5.82. The van der Waals surface area contributed by atoms with Crippen molar-refractivity contribution in [2.24, 2.45) is 0 Å². The van der Waals surface area contributed by atoms with Crippen LogP contribution in [0.3, 0.4) is 0 Å². The first-order valence-electron chi connectivity index (χ1n) is 5.82. The minimum Gasteiger partial charge on any atom is -0.497 e. The Hall–Kier alpha value is -1.55. The zero-order valence-corrected chi connectivity index (χ0v) is 9.94. The van der Waals surface area contributed by atoms with Crippen LogP contribution >= 0.6 is 0 Å². The van der Waals surface area contributed by atoms with Crippen LogP contribution in [0.2, 0.25) is 0 Å². The Labute approximate surface area is 101 Å². The van der Waals surface area contributed by atoms with Crippen LogP contribution in [0.4, 0.5) is 0 Å². The zero-order chi connectivity index (χ0) is 12.1. The molecule has 0 aliphatic carbocycles. The summed E-state index contributed by atoms with van der Waals surface area (Å²) in [7, 11) is 1.63. The number of hydrogen-bond acceptors (Lipinski definition) is 3. The molecule has 0 spiro atoms. The Kier molecular flexibility index (Phi) is 3.98. The molecule has 1 aromatic rings. The molecule has 1 N–H and O–H groups in total. The van der Waals surface area contributed by atoms with Crippen molar-refractivity contribution in [3.63, 3.8) is 0 Å². The molecule has 2 rings (SSSR count). The number of ether oxygens (including phenoxy) is 2. The fraction of sp³-hybridized carbons (Fsp3) is 0.462. The van der Waals surface area contributed by atoms with Gasteiger partial charge in [-0.05, 0) is 30.5 Å². The maximum Gasteiger partial charge on any atom is 0.249 e. The molecule has 1 atom stereocenters. The smallest absolute Gasteiger partial charge is 0.249 e. The van der Waals surface area contributed by atoms with E-state index in [0.717, 1.165) is 24.2 Å². The van der Waals surface area contributed by atoms with Gasteiger partial charge in [0.25, 0.3) is 0 Å². The van der Waals surface area contributed by atoms with Crippen LogP contribution in [0.25, 0.3) is 0 Å². The second-order valence-corrected chi connectivity index (χ2v) is 4.07. The summed E-state index contributed by atoms with van der Waals surface area (Å²) in [6.07, 6.45) is 1.54. The van der Waals surface area contributed by atoms with E-state index in [-0.39, 0.29) is 12.0 Å². The predicted molar refractivity (Wildman–Crippen MR) is 63.8 cm³/mol. The van der Waals surface area contributed by atoms with E-state index in [9.17, 15) is 4.79 Å². The van der Waals surface area contributed by atoms with Crippen molar-refractivity contribution in [3.8, 4) is 5.75 Å². The van der Waals surface area contributed by atoms with Gasteiger partial charge in [0.15, 0.2) is 0 Å². The zero-order valence-electron chi connectivity index (χ0n) is 9.94. The molecule has 0 bridgehead atoms. The van der Waals surface area contributed by atoms with Gasteiger partial charge >= 0.3 is 0 Å². The third-order valence-corrected chi connectivity index (χ3v) is 2.85. The molecule has 92 valence electrons. The third-order valence-electron chi connectivity index (χ3n) is 2.85. The predicted octanol–water partition coefficient (Wildman–Crippen LogP) is 1.49. The van der Waals surface area contributed by atoms with E-state index in [4.69, 9.17) is 9.47 Å². The standard InChI is InChI=1S/C13H17NO3/c1-16-11-6-4-10(5-7-11)9-14-13(15)12-3-2-8-17-12/h4-7,12H,2-3,8-9H2,1H3,(H,14,15)/t12-/m0/s1. The quantitative estimate of drug-likeness (QED) is 0.860. The molecule has 1 aromatic carbocycles. The highest BCUT2D eigenvalue weighted by Gasteiger charge is 2.22. The lowest BCUT2D eigenvalue weighted by molar-refractivity contribution is -0.130. The van der Waals surface area contributed by atoms with Gasteiger partial charge in [-0.25, -0.2) is 0 Å². The lowest BCUT2D eigenvalue weighted by Gasteiger charge is -2.10. The highest BCUT2D eigenvalue weighted by molar-refractivity contribution is 5.80. The summed E-state index contributed by atoms with van der Waals surface area (Å²) in [5.41, 5.74) is 1.05. The molecule has 4 heteroatoms. The second-order valence-electron chi connectivity index (χ2n) is 4.07. The summed E-state index contributed by atoms with van der Waals surface area (Å²) in [5, 5.41) is 2.87. The van der Waals surface area contributed by atoms with E-state index >= 15 is 0 Å². The molecule has 0 unspecified atom stereocenters. The third kappa shape index (κ3) is 3.20. The normalized spacial score (nSPS) is 19.0. The molecule has 1 saturated heterocycles. The molecule has 17 heavy (non-hydrogen) atoms. The first-order chi connectivity index (χ1) is 8.29. The van der Waals surface area contributed by atoms with Crippen molar-refractivity contribution in [2.75, 3.05) is 13.7 Å². The summed E-state index contributed by atoms with van der Waals surface area (Å²) in [5.74, 6) is 0.803. The maximum atomic E-state index is 11.7. The maximum absolute atomic E-state index is 11.7. The average molecular weight is 235 g/mol.